The van der Waals surface area contributed by atoms with E-state index in [9.17, 15) is 5.26 Å². The van der Waals surface area contributed by atoms with E-state index in [2.05, 4.69) is 18.3 Å². The molecule has 102 valence electrons. The second kappa shape index (κ2) is 6.54. The highest BCUT2D eigenvalue weighted by Gasteiger charge is 2.42. The fourth-order valence-electron chi connectivity index (χ4n) is 3.00. The molecular formula is C15H26N2O. The predicted molar refractivity (Wildman–Crippen MR) is 72.1 cm³/mol. The summed E-state index contributed by atoms with van der Waals surface area (Å²) in [5.41, 5.74) is -0.265. The molecular weight excluding hydrogens is 224 g/mol. The maximum absolute atomic E-state index is 9.52. The van der Waals surface area contributed by atoms with Crippen molar-refractivity contribution in [1.29, 1.82) is 5.26 Å². The second-order valence-electron chi connectivity index (χ2n) is 5.91. The van der Waals surface area contributed by atoms with Gasteiger partial charge in [-0.25, -0.2) is 0 Å². The minimum Gasteiger partial charge on any atom is -0.381 e. The summed E-state index contributed by atoms with van der Waals surface area (Å²) < 4.78 is 5.72. The highest BCUT2D eigenvalue weighted by molar-refractivity contribution is 5.14. The normalized spacial score (nSPS) is 31.4. The SMILES string of the molecule is CCCNC1(C#N)CCCC1CCOCC1CC1. The molecule has 0 aromatic rings. The quantitative estimate of drug-likeness (QED) is 0.674. The van der Waals surface area contributed by atoms with Gasteiger partial charge in [-0.3, -0.25) is 5.32 Å². The van der Waals surface area contributed by atoms with Gasteiger partial charge in [0, 0.05) is 13.2 Å². The summed E-state index contributed by atoms with van der Waals surface area (Å²) in [6.45, 7) is 4.88. The summed E-state index contributed by atoms with van der Waals surface area (Å²) >= 11 is 0. The lowest BCUT2D eigenvalue weighted by Gasteiger charge is -2.30. The predicted octanol–water partition coefficient (Wildman–Crippen LogP) is 2.87. The molecule has 0 spiro atoms. The molecule has 2 rings (SSSR count). The summed E-state index contributed by atoms with van der Waals surface area (Å²) in [5.74, 6) is 1.32. The first-order valence-corrected chi connectivity index (χ1v) is 7.55. The van der Waals surface area contributed by atoms with Crippen LogP contribution >= 0.6 is 0 Å². The van der Waals surface area contributed by atoms with Crippen molar-refractivity contribution in [2.75, 3.05) is 19.8 Å². The van der Waals surface area contributed by atoms with Crippen LogP contribution in [0.1, 0.15) is 51.9 Å². The Morgan fingerprint density at radius 2 is 2.22 bits per heavy atom. The zero-order valence-electron chi connectivity index (χ0n) is 11.6. The molecule has 2 saturated carbocycles. The highest BCUT2D eigenvalue weighted by Crippen LogP contribution is 2.37. The van der Waals surface area contributed by atoms with E-state index in [4.69, 9.17) is 4.74 Å². The Hall–Kier alpha value is -0.590. The standard InChI is InChI=1S/C15H26N2O/c1-2-9-17-15(12-16)8-3-4-14(15)7-10-18-11-13-5-6-13/h13-14,17H,2-11H2,1H3. The monoisotopic (exact) mass is 250 g/mol. The van der Waals surface area contributed by atoms with Crippen molar-refractivity contribution in [1.82, 2.24) is 5.32 Å². The van der Waals surface area contributed by atoms with Crippen LogP contribution in [0.3, 0.4) is 0 Å². The molecule has 0 heterocycles. The zero-order chi connectivity index (χ0) is 12.8. The van der Waals surface area contributed by atoms with Crippen molar-refractivity contribution in [3.05, 3.63) is 0 Å². The molecule has 3 heteroatoms. The Morgan fingerprint density at radius 3 is 2.89 bits per heavy atom. The summed E-state index contributed by atoms with van der Waals surface area (Å²) in [4.78, 5) is 0. The second-order valence-corrected chi connectivity index (χ2v) is 5.91. The fourth-order valence-corrected chi connectivity index (χ4v) is 3.00. The van der Waals surface area contributed by atoms with Crippen LogP contribution in [0.2, 0.25) is 0 Å². The zero-order valence-corrected chi connectivity index (χ0v) is 11.6. The third-order valence-electron chi connectivity index (χ3n) is 4.37. The van der Waals surface area contributed by atoms with Crippen LogP contribution in [-0.2, 0) is 4.74 Å². The average Bonchev–Trinajstić information content (AvgIpc) is 3.13. The molecule has 0 amide bonds. The lowest BCUT2D eigenvalue weighted by molar-refractivity contribution is 0.103. The van der Waals surface area contributed by atoms with Crippen molar-refractivity contribution in [2.45, 2.75) is 57.4 Å². The number of nitrogens with zero attached hydrogens (tertiary/aromatic N) is 1. The minimum absolute atomic E-state index is 0.265. The van der Waals surface area contributed by atoms with Crippen molar-refractivity contribution in [3.8, 4) is 6.07 Å². The fraction of sp³-hybridized carbons (Fsp3) is 0.933. The van der Waals surface area contributed by atoms with E-state index in [1.165, 1.54) is 25.7 Å². The van der Waals surface area contributed by atoms with E-state index in [1.807, 2.05) is 0 Å². The molecule has 1 N–H and O–H groups in total. The Morgan fingerprint density at radius 1 is 1.39 bits per heavy atom. The number of ether oxygens (including phenoxy) is 1. The number of nitriles is 1. The first kappa shape index (κ1) is 13.8. The van der Waals surface area contributed by atoms with Gasteiger partial charge in [0.15, 0.2) is 0 Å². The molecule has 2 atom stereocenters. The molecule has 0 aliphatic heterocycles. The third kappa shape index (κ3) is 3.46. The van der Waals surface area contributed by atoms with Gasteiger partial charge in [-0.1, -0.05) is 13.3 Å². The number of hydrogen-bond acceptors (Lipinski definition) is 3. The Labute approximate surface area is 111 Å². The smallest absolute Gasteiger partial charge is 0.109 e. The molecule has 0 bridgehead atoms. The van der Waals surface area contributed by atoms with Crippen LogP contribution in [-0.4, -0.2) is 25.3 Å². The van der Waals surface area contributed by atoms with Gasteiger partial charge in [0.1, 0.15) is 5.54 Å². The Kier molecular flexibility index (Phi) is 5.03. The van der Waals surface area contributed by atoms with Crippen LogP contribution in [0.15, 0.2) is 0 Å². The summed E-state index contributed by atoms with van der Waals surface area (Å²) in [5, 5.41) is 13.0. The maximum Gasteiger partial charge on any atom is 0.109 e. The first-order valence-electron chi connectivity index (χ1n) is 7.55. The highest BCUT2D eigenvalue weighted by atomic mass is 16.5. The summed E-state index contributed by atoms with van der Waals surface area (Å²) in [6, 6.07) is 2.56. The molecule has 2 aliphatic carbocycles. The van der Waals surface area contributed by atoms with Gasteiger partial charge in [-0.05, 0) is 56.9 Å². The average molecular weight is 250 g/mol. The van der Waals surface area contributed by atoms with Crippen LogP contribution in [0.5, 0.6) is 0 Å². The van der Waals surface area contributed by atoms with Gasteiger partial charge in [-0.15, -0.1) is 0 Å². The summed E-state index contributed by atoms with van der Waals surface area (Å²) in [7, 11) is 0. The van der Waals surface area contributed by atoms with Crippen molar-refractivity contribution >= 4 is 0 Å². The lowest BCUT2D eigenvalue weighted by Crippen LogP contribution is -2.47. The number of rotatable bonds is 8. The van der Waals surface area contributed by atoms with Crippen LogP contribution in [0.25, 0.3) is 0 Å². The van der Waals surface area contributed by atoms with Crippen molar-refractivity contribution in [3.63, 3.8) is 0 Å². The minimum atomic E-state index is -0.265. The Bertz CT molecular complexity index is 295. The number of nitrogens with one attached hydrogen (secondary N) is 1. The van der Waals surface area contributed by atoms with E-state index in [1.54, 1.807) is 0 Å². The van der Waals surface area contributed by atoms with Crippen LogP contribution in [0, 0.1) is 23.2 Å². The van der Waals surface area contributed by atoms with E-state index >= 15 is 0 Å². The van der Waals surface area contributed by atoms with Gasteiger partial charge in [-0.2, -0.15) is 5.26 Å². The van der Waals surface area contributed by atoms with Gasteiger partial charge >= 0.3 is 0 Å². The van der Waals surface area contributed by atoms with E-state index in [0.29, 0.717) is 5.92 Å². The van der Waals surface area contributed by atoms with Crippen molar-refractivity contribution < 1.29 is 4.74 Å². The van der Waals surface area contributed by atoms with Gasteiger partial charge < -0.3 is 4.74 Å². The van der Waals surface area contributed by atoms with E-state index < -0.39 is 0 Å². The molecule has 0 aromatic heterocycles. The molecule has 18 heavy (non-hydrogen) atoms. The van der Waals surface area contributed by atoms with Gasteiger partial charge in [0.05, 0.1) is 6.07 Å². The lowest BCUT2D eigenvalue weighted by atomic mass is 9.86. The molecule has 2 fully saturated rings. The first-order chi connectivity index (χ1) is 8.80. The largest absolute Gasteiger partial charge is 0.381 e. The van der Waals surface area contributed by atoms with Crippen LogP contribution in [0.4, 0.5) is 0 Å². The van der Waals surface area contributed by atoms with E-state index in [-0.39, 0.29) is 5.54 Å². The Balaban J connectivity index is 1.75. The third-order valence-corrected chi connectivity index (χ3v) is 4.37. The van der Waals surface area contributed by atoms with E-state index in [0.717, 1.165) is 44.9 Å². The molecule has 3 nitrogen and oxygen atoms in total. The van der Waals surface area contributed by atoms with Gasteiger partial charge in [0.25, 0.3) is 0 Å². The molecule has 0 aromatic carbocycles. The number of hydrogen-bond donors (Lipinski definition) is 1. The van der Waals surface area contributed by atoms with Crippen LogP contribution < -0.4 is 5.32 Å². The van der Waals surface area contributed by atoms with Crippen molar-refractivity contribution in [2.24, 2.45) is 11.8 Å². The van der Waals surface area contributed by atoms with Gasteiger partial charge in [0.2, 0.25) is 0 Å². The molecule has 2 aliphatic rings. The molecule has 2 unspecified atom stereocenters. The molecule has 0 saturated heterocycles. The summed E-state index contributed by atoms with van der Waals surface area (Å²) in [6.07, 6.45) is 8.20. The topological polar surface area (TPSA) is 45.0 Å². The molecule has 0 radical (unpaired) electrons. The maximum atomic E-state index is 9.52.